The molecular formula is C23H20ClNO3. The lowest BCUT2D eigenvalue weighted by Gasteiger charge is -2.19. The summed E-state index contributed by atoms with van der Waals surface area (Å²) in [7, 11) is 0. The van der Waals surface area contributed by atoms with Crippen LogP contribution in [0.1, 0.15) is 33.9 Å². The van der Waals surface area contributed by atoms with Crippen molar-refractivity contribution in [1.29, 1.82) is 0 Å². The molecule has 0 heterocycles. The van der Waals surface area contributed by atoms with Crippen LogP contribution in [-0.2, 0) is 16.1 Å². The Labute approximate surface area is 169 Å². The molecule has 5 heteroatoms. The first-order valence-corrected chi connectivity index (χ1v) is 9.31. The van der Waals surface area contributed by atoms with E-state index in [1.807, 2.05) is 60.7 Å². The van der Waals surface area contributed by atoms with Gasteiger partial charge in [0.25, 0.3) is 5.91 Å². The van der Waals surface area contributed by atoms with Gasteiger partial charge >= 0.3 is 5.97 Å². The number of carbonyl (C=O) groups is 2. The average Bonchev–Trinajstić information content (AvgIpc) is 2.73. The zero-order valence-corrected chi connectivity index (χ0v) is 15.9. The normalized spacial score (nSPS) is 11.5. The van der Waals surface area contributed by atoms with Crippen molar-refractivity contribution in [2.45, 2.75) is 19.1 Å². The second-order valence-corrected chi connectivity index (χ2v) is 6.67. The van der Waals surface area contributed by atoms with Gasteiger partial charge in [0.05, 0.1) is 23.0 Å². The second-order valence-electron chi connectivity index (χ2n) is 6.27. The predicted octanol–water partition coefficient (Wildman–Crippen LogP) is 4.94. The van der Waals surface area contributed by atoms with Gasteiger partial charge in [-0.2, -0.15) is 0 Å². The number of amides is 1. The van der Waals surface area contributed by atoms with Crippen molar-refractivity contribution >= 4 is 23.5 Å². The van der Waals surface area contributed by atoms with E-state index in [1.54, 1.807) is 24.3 Å². The number of nitrogens with one attached hydrogen (secondary N) is 1. The molecule has 0 bridgehead atoms. The number of hydrogen-bond donors (Lipinski definition) is 1. The Hall–Kier alpha value is -3.11. The fourth-order valence-electron chi connectivity index (χ4n) is 2.78. The highest BCUT2D eigenvalue weighted by atomic mass is 35.5. The SMILES string of the molecule is O=C(C[C@H](NC(=O)c1ccccc1Cl)c1ccccc1)OCc1ccccc1. The molecule has 0 aliphatic rings. The molecule has 142 valence electrons. The zero-order valence-electron chi connectivity index (χ0n) is 15.2. The number of rotatable bonds is 7. The van der Waals surface area contributed by atoms with Crippen LogP contribution in [0.4, 0.5) is 0 Å². The first-order chi connectivity index (χ1) is 13.6. The lowest BCUT2D eigenvalue weighted by molar-refractivity contribution is -0.145. The summed E-state index contributed by atoms with van der Waals surface area (Å²) in [6.07, 6.45) is 0.0209. The molecule has 0 aromatic heterocycles. The third kappa shape index (κ3) is 5.44. The summed E-state index contributed by atoms with van der Waals surface area (Å²) < 4.78 is 5.37. The highest BCUT2D eigenvalue weighted by Crippen LogP contribution is 2.21. The number of carbonyl (C=O) groups excluding carboxylic acids is 2. The first kappa shape index (κ1) is 19.6. The molecular weight excluding hydrogens is 374 g/mol. The summed E-state index contributed by atoms with van der Waals surface area (Å²) in [5.74, 6) is -0.729. The lowest BCUT2D eigenvalue weighted by Crippen LogP contribution is -2.30. The zero-order chi connectivity index (χ0) is 19.8. The van der Waals surface area contributed by atoms with Crippen molar-refractivity contribution < 1.29 is 14.3 Å². The van der Waals surface area contributed by atoms with E-state index >= 15 is 0 Å². The highest BCUT2D eigenvalue weighted by Gasteiger charge is 2.21. The first-order valence-electron chi connectivity index (χ1n) is 8.93. The fourth-order valence-corrected chi connectivity index (χ4v) is 3.00. The Kier molecular flexibility index (Phi) is 6.82. The van der Waals surface area contributed by atoms with Crippen molar-refractivity contribution in [1.82, 2.24) is 5.32 Å². The van der Waals surface area contributed by atoms with Crippen LogP contribution in [0.25, 0.3) is 0 Å². The Balaban J connectivity index is 1.70. The van der Waals surface area contributed by atoms with Crippen LogP contribution >= 0.6 is 11.6 Å². The molecule has 3 aromatic rings. The van der Waals surface area contributed by atoms with Crippen LogP contribution in [0.15, 0.2) is 84.9 Å². The van der Waals surface area contributed by atoms with E-state index < -0.39 is 12.0 Å². The monoisotopic (exact) mass is 393 g/mol. The van der Waals surface area contributed by atoms with Gasteiger partial charge in [0.1, 0.15) is 6.61 Å². The van der Waals surface area contributed by atoms with Gasteiger partial charge < -0.3 is 10.1 Å². The minimum atomic E-state index is -0.520. The molecule has 0 radical (unpaired) electrons. The maximum absolute atomic E-state index is 12.7. The van der Waals surface area contributed by atoms with Gasteiger partial charge in [0, 0.05) is 0 Å². The third-order valence-electron chi connectivity index (χ3n) is 4.24. The van der Waals surface area contributed by atoms with E-state index in [9.17, 15) is 9.59 Å². The lowest BCUT2D eigenvalue weighted by atomic mass is 10.0. The van der Waals surface area contributed by atoms with E-state index in [4.69, 9.17) is 16.3 Å². The molecule has 4 nitrogen and oxygen atoms in total. The van der Waals surface area contributed by atoms with E-state index in [0.29, 0.717) is 10.6 Å². The van der Waals surface area contributed by atoms with Gasteiger partial charge in [-0.05, 0) is 23.3 Å². The van der Waals surface area contributed by atoms with E-state index in [2.05, 4.69) is 5.32 Å². The molecule has 1 N–H and O–H groups in total. The van der Waals surface area contributed by atoms with Gasteiger partial charge in [-0.15, -0.1) is 0 Å². The summed E-state index contributed by atoms with van der Waals surface area (Å²) in [4.78, 5) is 25.0. The summed E-state index contributed by atoms with van der Waals surface area (Å²) in [5, 5.41) is 3.25. The molecule has 28 heavy (non-hydrogen) atoms. The van der Waals surface area contributed by atoms with Crippen molar-refractivity contribution in [3.63, 3.8) is 0 Å². The molecule has 0 aliphatic heterocycles. The van der Waals surface area contributed by atoms with E-state index in [0.717, 1.165) is 11.1 Å². The molecule has 1 atom stereocenters. The van der Waals surface area contributed by atoms with E-state index in [-0.39, 0.29) is 18.9 Å². The average molecular weight is 394 g/mol. The Morgan fingerprint density at radius 1 is 0.857 bits per heavy atom. The van der Waals surface area contributed by atoms with Crippen LogP contribution in [0.5, 0.6) is 0 Å². The van der Waals surface area contributed by atoms with Crippen molar-refractivity contribution in [3.8, 4) is 0 Å². The second kappa shape index (κ2) is 9.72. The molecule has 3 rings (SSSR count). The van der Waals surface area contributed by atoms with Gasteiger partial charge in [0.15, 0.2) is 0 Å². The van der Waals surface area contributed by atoms with Gasteiger partial charge in [0.2, 0.25) is 0 Å². The third-order valence-corrected chi connectivity index (χ3v) is 4.57. The minimum Gasteiger partial charge on any atom is -0.461 e. The van der Waals surface area contributed by atoms with Crippen LogP contribution in [0.3, 0.4) is 0 Å². The Bertz CT molecular complexity index is 929. The van der Waals surface area contributed by atoms with Crippen LogP contribution in [-0.4, -0.2) is 11.9 Å². The number of esters is 1. The van der Waals surface area contributed by atoms with Crippen molar-refractivity contribution in [2.75, 3.05) is 0 Å². The predicted molar refractivity (Wildman–Crippen MR) is 109 cm³/mol. The van der Waals surface area contributed by atoms with Gasteiger partial charge in [-0.25, -0.2) is 0 Å². The highest BCUT2D eigenvalue weighted by molar-refractivity contribution is 6.33. The van der Waals surface area contributed by atoms with E-state index in [1.165, 1.54) is 0 Å². The number of ether oxygens (including phenoxy) is 1. The molecule has 0 saturated heterocycles. The molecule has 1 amide bonds. The van der Waals surface area contributed by atoms with Crippen LogP contribution in [0.2, 0.25) is 5.02 Å². The summed E-state index contributed by atoms with van der Waals surface area (Å²) in [6.45, 7) is 0.194. The van der Waals surface area contributed by atoms with Crippen molar-refractivity contribution in [3.05, 3.63) is 107 Å². The largest absolute Gasteiger partial charge is 0.461 e. The molecule has 0 spiro atoms. The van der Waals surface area contributed by atoms with Gasteiger partial charge in [-0.1, -0.05) is 84.4 Å². The molecule has 3 aromatic carbocycles. The fraction of sp³-hybridized carbons (Fsp3) is 0.130. The molecule has 0 fully saturated rings. The van der Waals surface area contributed by atoms with Gasteiger partial charge in [-0.3, -0.25) is 9.59 Å². The minimum absolute atomic E-state index is 0.0209. The topological polar surface area (TPSA) is 55.4 Å². The summed E-state index contributed by atoms with van der Waals surface area (Å²) in [6, 6.07) is 25.1. The van der Waals surface area contributed by atoms with Crippen LogP contribution in [0, 0.1) is 0 Å². The summed E-state index contributed by atoms with van der Waals surface area (Å²) >= 11 is 6.12. The number of halogens is 1. The van der Waals surface area contributed by atoms with Crippen molar-refractivity contribution in [2.24, 2.45) is 0 Å². The van der Waals surface area contributed by atoms with Crippen LogP contribution < -0.4 is 5.32 Å². The maximum Gasteiger partial charge on any atom is 0.308 e. The molecule has 0 saturated carbocycles. The Morgan fingerprint density at radius 2 is 1.46 bits per heavy atom. The smallest absolute Gasteiger partial charge is 0.308 e. The number of hydrogen-bond acceptors (Lipinski definition) is 3. The summed E-state index contributed by atoms with van der Waals surface area (Å²) in [5.41, 5.74) is 2.09. The standard InChI is InChI=1S/C23H20ClNO3/c24-20-14-8-7-13-19(20)23(27)25-21(18-11-5-2-6-12-18)15-22(26)28-16-17-9-3-1-4-10-17/h1-14,21H,15-16H2,(H,25,27)/t21-/m0/s1. The maximum atomic E-state index is 12.7. The Morgan fingerprint density at radius 3 is 2.14 bits per heavy atom. The molecule has 0 unspecified atom stereocenters. The molecule has 0 aliphatic carbocycles. The number of benzene rings is 3. The quantitative estimate of drug-likeness (QED) is 0.578.